The number of aryl methyl sites for hydroxylation is 2. The Labute approximate surface area is 234 Å². The number of fused-ring (bicyclic) bond motifs is 1. The Morgan fingerprint density at radius 1 is 1.07 bits per heavy atom. The maximum Gasteiger partial charge on any atom is 0.573 e. The van der Waals surface area contributed by atoms with E-state index in [0.29, 0.717) is 53.7 Å². The van der Waals surface area contributed by atoms with Crippen LogP contribution in [0.3, 0.4) is 0 Å². The first-order chi connectivity index (χ1) is 19.1. The van der Waals surface area contributed by atoms with E-state index in [9.17, 15) is 18.0 Å². The number of benzene rings is 2. The summed E-state index contributed by atoms with van der Waals surface area (Å²) in [6.07, 6.45) is -0.322. The number of Topliss-reactive ketones (excluding diaryl/α,β-unsaturated/α-hetero) is 1. The van der Waals surface area contributed by atoms with E-state index >= 15 is 4.39 Å². The monoisotopic (exact) mass is 573 g/mol. The Bertz CT molecular complexity index is 1510. The van der Waals surface area contributed by atoms with Crippen molar-refractivity contribution >= 4 is 28.7 Å². The van der Waals surface area contributed by atoms with Crippen molar-refractivity contribution in [3.8, 4) is 5.75 Å². The summed E-state index contributed by atoms with van der Waals surface area (Å²) in [7, 11) is 0. The number of carbonyl (C=O) groups excluding carboxylic acids is 1. The summed E-state index contributed by atoms with van der Waals surface area (Å²) in [4.78, 5) is 19.7. The van der Waals surface area contributed by atoms with Crippen LogP contribution in [0.15, 0.2) is 60.8 Å². The van der Waals surface area contributed by atoms with Crippen LogP contribution in [0, 0.1) is 5.82 Å². The maximum atomic E-state index is 15.1. The molecule has 1 saturated heterocycles. The second kappa shape index (κ2) is 11.5. The molecule has 2 aromatic heterocycles. The van der Waals surface area contributed by atoms with Crippen LogP contribution in [-0.4, -0.2) is 34.6 Å². The SMILES string of the molecule is CCc1nc2ccc(Cl)cn2c1C(=O)CCc1ccc(N2CCC(c3ccc(OC(F)(F)F)cc3)CC2)c(F)c1. The summed E-state index contributed by atoms with van der Waals surface area (Å²) in [5.74, 6) is -0.484. The molecule has 0 saturated carbocycles. The molecule has 2 aromatic carbocycles. The number of ether oxygens (including phenoxy) is 1. The van der Waals surface area contributed by atoms with Gasteiger partial charge in [0.1, 0.15) is 22.9 Å². The minimum Gasteiger partial charge on any atom is -0.406 e. The summed E-state index contributed by atoms with van der Waals surface area (Å²) < 4.78 is 58.0. The van der Waals surface area contributed by atoms with E-state index in [4.69, 9.17) is 11.6 Å². The number of halogens is 5. The van der Waals surface area contributed by atoms with Crippen LogP contribution in [0.5, 0.6) is 5.75 Å². The summed E-state index contributed by atoms with van der Waals surface area (Å²) in [6.45, 7) is 3.19. The van der Waals surface area contributed by atoms with E-state index < -0.39 is 6.36 Å². The number of hydrogen-bond donors (Lipinski definition) is 0. The number of hydrogen-bond acceptors (Lipinski definition) is 4. The highest BCUT2D eigenvalue weighted by Gasteiger charge is 2.31. The molecule has 0 atom stereocenters. The molecule has 10 heteroatoms. The third-order valence-electron chi connectivity index (χ3n) is 7.33. The fraction of sp³-hybridized carbons (Fsp3) is 0.333. The molecular weight excluding hydrogens is 546 g/mol. The van der Waals surface area contributed by atoms with Crippen molar-refractivity contribution in [2.24, 2.45) is 0 Å². The Kier molecular flexibility index (Phi) is 8.03. The lowest BCUT2D eigenvalue weighted by molar-refractivity contribution is -0.274. The zero-order chi connectivity index (χ0) is 28.4. The van der Waals surface area contributed by atoms with E-state index in [2.05, 4.69) is 9.72 Å². The molecule has 0 bridgehead atoms. The number of carbonyl (C=O) groups is 1. The molecule has 0 spiro atoms. The van der Waals surface area contributed by atoms with Gasteiger partial charge in [0.05, 0.1) is 16.4 Å². The minimum absolute atomic E-state index is 0.0730. The number of imidazole rings is 1. The van der Waals surface area contributed by atoms with Crippen molar-refractivity contribution in [1.29, 1.82) is 0 Å². The van der Waals surface area contributed by atoms with Gasteiger partial charge in [0.2, 0.25) is 0 Å². The number of aromatic nitrogens is 2. The Balaban J connectivity index is 1.19. The van der Waals surface area contributed by atoms with Crippen molar-refractivity contribution in [1.82, 2.24) is 9.38 Å². The Morgan fingerprint density at radius 3 is 2.45 bits per heavy atom. The highest BCUT2D eigenvalue weighted by atomic mass is 35.5. The number of nitrogens with zero attached hydrogens (tertiary/aromatic N) is 3. The normalized spacial score (nSPS) is 14.6. The van der Waals surface area contributed by atoms with E-state index in [1.54, 1.807) is 40.9 Å². The van der Waals surface area contributed by atoms with Gasteiger partial charge in [-0.1, -0.05) is 36.7 Å². The van der Waals surface area contributed by atoms with Crippen LogP contribution in [0.4, 0.5) is 23.2 Å². The molecule has 0 aliphatic carbocycles. The number of alkyl halides is 3. The molecule has 40 heavy (non-hydrogen) atoms. The van der Waals surface area contributed by atoms with Gasteiger partial charge >= 0.3 is 6.36 Å². The summed E-state index contributed by atoms with van der Waals surface area (Å²) in [5.41, 5.74) is 4.07. The van der Waals surface area contributed by atoms with Crippen molar-refractivity contribution in [3.63, 3.8) is 0 Å². The van der Waals surface area contributed by atoms with Gasteiger partial charge in [0.15, 0.2) is 5.78 Å². The van der Waals surface area contributed by atoms with Crippen LogP contribution < -0.4 is 9.64 Å². The standard InChI is InChI=1S/C30H28ClF4N3O2/c1-2-25-29(38-18-22(31)7-12-28(38)36-25)27(39)11-4-19-3-10-26(24(32)17-19)37-15-13-21(14-16-37)20-5-8-23(9-6-20)40-30(33,34)35/h3,5-10,12,17-18,21H,2,4,11,13-16H2,1H3. The fourth-order valence-corrected chi connectivity index (χ4v) is 5.50. The van der Waals surface area contributed by atoms with E-state index in [1.165, 1.54) is 18.2 Å². The molecule has 1 fully saturated rings. The van der Waals surface area contributed by atoms with Crippen LogP contribution in [0.25, 0.3) is 5.65 Å². The Hall–Kier alpha value is -3.59. The third-order valence-corrected chi connectivity index (χ3v) is 7.55. The van der Waals surface area contributed by atoms with Crippen LogP contribution in [0.2, 0.25) is 5.02 Å². The molecule has 0 amide bonds. The molecule has 0 unspecified atom stereocenters. The maximum absolute atomic E-state index is 15.1. The molecule has 5 rings (SSSR count). The second-order valence-corrected chi connectivity index (χ2v) is 10.4. The van der Waals surface area contributed by atoms with Crippen molar-refractivity contribution < 1.29 is 27.1 Å². The molecule has 0 radical (unpaired) electrons. The van der Waals surface area contributed by atoms with Crippen LogP contribution in [0.1, 0.15) is 59.4 Å². The molecule has 1 aliphatic heterocycles. The van der Waals surface area contributed by atoms with Gasteiger partial charge in [-0.2, -0.15) is 0 Å². The minimum atomic E-state index is -4.72. The largest absolute Gasteiger partial charge is 0.573 e. The van der Waals surface area contributed by atoms with Gasteiger partial charge in [0.25, 0.3) is 0 Å². The molecule has 4 aromatic rings. The quantitative estimate of drug-likeness (QED) is 0.159. The van der Waals surface area contributed by atoms with Gasteiger partial charge < -0.3 is 9.64 Å². The molecule has 0 N–H and O–H groups in total. The van der Waals surface area contributed by atoms with E-state index in [1.807, 2.05) is 17.9 Å². The van der Waals surface area contributed by atoms with Gasteiger partial charge in [-0.25, -0.2) is 9.37 Å². The first kappa shape index (κ1) is 28.0. The van der Waals surface area contributed by atoms with Crippen molar-refractivity contribution in [2.45, 2.75) is 51.3 Å². The molecule has 210 valence electrons. The highest BCUT2D eigenvalue weighted by Crippen LogP contribution is 2.33. The van der Waals surface area contributed by atoms with Crippen molar-refractivity contribution in [2.75, 3.05) is 18.0 Å². The Morgan fingerprint density at radius 2 is 1.80 bits per heavy atom. The van der Waals surface area contributed by atoms with E-state index in [-0.39, 0.29) is 29.7 Å². The van der Waals surface area contributed by atoms with Crippen molar-refractivity contribution in [3.05, 3.63) is 94.1 Å². The smallest absolute Gasteiger partial charge is 0.406 e. The number of anilines is 1. The predicted molar refractivity (Wildman–Crippen MR) is 146 cm³/mol. The number of rotatable bonds is 8. The summed E-state index contributed by atoms with van der Waals surface area (Å²) in [5, 5.41) is 0.511. The number of piperidine rings is 1. The fourth-order valence-electron chi connectivity index (χ4n) is 5.34. The predicted octanol–water partition coefficient (Wildman–Crippen LogP) is 7.79. The lowest BCUT2D eigenvalue weighted by atomic mass is 9.89. The number of ketones is 1. The first-order valence-corrected chi connectivity index (χ1v) is 13.6. The lowest BCUT2D eigenvalue weighted by Crippen LogP contribution is -2.33. The second-order valence-electron chi connectivity index (χ2n) is 9.92. The van der Waals surface area contributed by atoms with E-state index in [0.717, 1.165) is 24.0 Å². The van der Waals surface area contributed by atoms with Gasteiger partial charge in [-0.3, -0.25) is 9.20 Å². The molecule has 1 aliphatic rings. The average Bonchev–Trinajstić information content (AvgIpc) is 3.29. The van der Waals surface area contributed by atoms with Gasteiger partial charge in [-0.05, 0) is 79.1 Å². The summed E-state index contributed by atoms with van der Waals surface area (Å²) in [6, 6.07) is 14.6. The van der Waals surface area contributed by atoms with Crippen LogP contribution in [-0.2, 0) is 12.8 Å². The molecular formula is C30H28ClF4N3O2. The van der Waals surface area contributed by atoms with Gasteiger partial charge in [0, 0.05) is 25.7 Å². The lowest BCUT2D eigenvalue weighted by Gasteiger charge is -2.34. The zero-order valence-electron chi connectivity index (χ0n) is 21.8. The third kappa shape index (κ3) is 6.25. The highest BCUT2D eigenvalue weighted by molar-refractivity contribution is 6.30. The first-order valence-electron chi connectivity index (χ1n) is 13.2. The zero-order valence-corrected chi connectivity index (χ0v) is 22.6. The topological polar surface area (TPSA) is 46.8 Å². The van der Waals surface area contributed by atoms with Crippen LogP contribution >= 0.6 is 11.6 Å². The average molecular weight is 574 g/mol. The molecule has 5 nitrogen and oxygen atoms in total. The summed E-state index contributed by atoms with van der Waals surface area (Å²) >= 11 is 6.14. The van der Waals surface area contributed by atoms with Gasteiger partial charge in [-0.15, -0.1) is 13.2 Å². The molecule has 3 heterocycles. The number of pyridine rings is 1.